The SMILES string of the molecule is CCCC(C)CC1(C)C=CC(C(C)CCC)=NS1. The zero-order valence-electron chi connectivity index (χ0n) is 12.7. The molecule has 2 heteroatoms. The zero-order chi connectivity index (χ0) is 13.6. The van der Waals surface area contributed by atoms with Crippen LogP contribution < -0.4 is 0 Å². The Morgan fingerprint density at radius 1 is 1.22 bits per heavy atom. The maximum Gasteiger partial charge on any atom is 0.0535 e. The van der Waals surface area contributed by atoms with Crippen molar-refractivity contribution in [3.05, 3.63) is 12.2 Å². The van der Waals surface area contributed by atoms with Crippen molar-refractivity contribution in [3.63, 3.8) is 0 Å². The monoisotopic (exact) mass is 267 g/mol. The van der Waals surface area contributed by atoms with Gasteiger partial charge in [-0.05, 0) is 49.6 Å². The van der Waals surface area contributed by atoms with Gasteiger partial charge in [-0.3, -0.25) is 0 Å². The fourth-order valence-corrected chi connectivity index (χ4v) is 3.75. The van der Waals surface area contributed by atoms with Gasteiger partial charge in [0.15, 0.2) is 0 Å². The van der Waals surface area contributed by atoms with Gasteiger partial charge in [-0.2, -0.15) is 0 Å². The lowest BCUT2D eigenvalue weighted by atomic mass is 9.91. The molecule has 0 aromatic rings. The van der Waals surface area contributed by atoms with Crippen LogP contribution in [-0.2, 0) is 0 Å². The molecule has 3 unspecified atom stereocenters. The summed E-state index contributed by atoms with van der Waals surface area (Å²) in [5, 5.41) is 0. The van der Waals surface area contributed by atoms with Crippen molar-refractivity contribution in [2.75, 3.05) is 0 Å². The molecule has 18 heavy (non-hydrogen) atoms. The van der Waals surface area contributed by atoms with E-state index < -0.39 is 0 Å². The molecule has 1 aliphatic heterocycles. The first-order valence-electron chi connectivity index (χ1n) is 7.46. The van der Waals surface area contributed by atoms with Gasteiger partial charge in [-0.1, -0.05) is 53.0 Å². The predicted octanol–water partition coefficient (Wildman–Crippen LogP) is 5.67. The molecule has 0 aromatic heterocycles. The molecule has 0 spiro atoms. The van der Waals surface area contributed by atoms with Gasteiger partial charge < -0.3 is 0 Å². The second-order valence-corrected chi connectivity index (χ2v) is 7.34. The van der Waals surface area contributed by atoms with Crippen molar-refractivity contribution in [1.82, 2.24) is 0 Å². The molecule has 0 bridgehead atoms. The molecule has 0 radical (unpaired) electrons. The molecular weight excluding hydrogens is 238 g/mol. The van der Waals surface area contributed by atoms with E-state index in [1.54, 1.807) is 11.9 Å². The third-order valence-electron chi connectivity index (χ3n) is 3.73. The Hall–Kier alpha value is -0.240. The third kappa shape index (κ3) is 4.79. The lowest BCUT2D eigenvalue weighted by Gasteiger charge is -2.29. The molecule has 1 nitrogen and oxygen atoms in total. The topological polar surface area (TPSA) is 12.4 Å². The molecule has 0 amide bonds. The molecular formula is C16H29NS. The van der Waals surface area contributed by atoms with Gasteiger partial charge in [0.05, 0.1) is 10.5 Å². The highest BCUT2D eigenvalue weighted by atomic mass is 32.2. The summed E-state index contributed by atoms with van der Waals surface area (Å²) in [5.74, 6) is 1.40. The van der Waals surface area contributed by atoms with E-state index in [1.165, 1.54) is 37.8 Å². The first-order chi connectivity index (χ1) is 8.50. The number of nitrogens with zero attached hydrogens (tertiary/aromatic N) is 1. The summed E-state index contributed by atoms with van der Waals surface area (Å²) in [6, 6.07) is 0. The number of hydrogen-bond acceptors (Lipinski definition) is 2. The highest BCUT2D eigenvalue weighted by Gasteiger charge is 2.27. The van der Waals surface area contributed by atoms with Crippen molar-refractivity contribution < 1.29 is 0 Å². The summed E-state index contributed by atoms with van der Waals surface area (Å²) in [5.41, 5.74) is 1.28. The molecule has 0 saturated carbocycles. The Kier molecular flexibility index (Phi) is 6.48. The molecule has 0 aromatic carbocycles. The van der Waals surface area contributed by atoms with Crippen LogP contribution in [0.5, 0.6) is 0 Å². The largest absolute Gasteiger partial charge is 0.220 e. The second-order valence-electron chi connectivity index (χ2n) is 6.04. The predicted molar refractivity (Wildman–Crippen MR) is 85.3 cm³/mol. The lowest BCUT2D eigenvalue weighted by Crippen LogP contribution is -2.24. The number of allylic oxidation sites excluding steroid dienone is 1. The van der Waals surface area contributed by atoms with Crippen molar-refractivity contribution >= 4 is 17.7 Å². The van der Waals surface area contributed by atoms with E-state index >= 15 is 0 Å². The van der Waals surface area contributed by atoms with Gasteiger partial charge in [0.1, 0.15) is 0 Å². The quantitative estimate of drug-likeness (QED) is 0.542. The Morgan fingerprint density at radius 2 is 1.89 bits per heavy atom. The lowest BCUT2D eigenvalue weighted by molar-refractivity contribution is 0.453. The van der Waals surface area contributed by atoms with Crippen LogP contribution in [0.1, 0.15) is 66.7 Å². The summed E-state index contributed by atoms with van der Waals surface area (Å²) in [4.78, 5) is 0. The van der Waals surface area contributed by atoms with Crippen LogP contribution in [0, 0.1) is 11.8 Å². The van der Waals surface area contributed by atoms with Crippen LogP contribution in [0.15, 0.2) is 16.5 Å². The van der Waals surface area contributed by atoms with Crippen LogP contribution >= 0.6 is 11.9 Å². The highest BCUT2D eigenvalue weighted by Crippen LogP contribution is 2.38. The minimum Gasteiger partial charge on any atom is -0.220 e. The summed E-state index contributed by atoms with van der Waals surface area (Å²) in [6.07, 6.45) is 11.0. The van der Waals surface area contributed by atoms with Gasteiger partial charge in [-0.25, -0.2) is 4.40 Å². The van der Waals surface area contributed by atoms with Gasteiger partial charge in [-0.15, -0.1) is 0 Å². The average molecular weight is 267 g/mol. The third-order valence-corrected chi connectivity index (χ3v) is 4.75. The minimum absolute atomic E-state index is 0.212. The molecule has 1 aliphatic rings. The molecule has 1 heterocycles. The van der Waals surface area contributed by atoms with Gasteiger partial charge in [0, 0.05) is 0 Å². The average Bonchev–Trinajstić information content (AvgIpc) is 2.29. The second kappa shape index (κ2) is 7.37. The first kappa shape index (κ1) is 15.8. The maximum atomic E-state index is 4.76. The fourth-order valence-electron chi connectivity index (χ4n) is 2.71. The van der Waals surface area contributed by atoms with Gasteiger partial charge >= 0.3 is 0 Å². The molecule has 0 aliphatic carbocycles. The molecule has 1 rings (SSSR count). The van der Waals surface area contributed by atoms with Crippen LogP contribution in [-0.4, -0.2) is 10.5 Å². The van der Waals surface area contributed by atoms with Crippen LogP contribution in [0.25, 0.3) is 0 Å². The fraction of sp³-hybridized carbons (Fsp3) is 0.812. The molecule has 0 saturated heterocycles. The van der Waals surface area contributed by atoms with Crippen molar-refractivity contribution in [2.24, 2.45) is 16.2 Å². The Bertz CT molecular complexity index is 308. The van der Waals surface area contributed by atoms with E-state index in [4.69, 9.17) is 4.40 Å². The summed E-state index contributed by atoms with van der Waals surface area (Å²) >= 11 is 1.78. The van der Waals surface area contributed by atoms with Crippen LogP contribution in [0.4, 0.5) is 0 Å². The first-order valence-corrected chi connectivity index (χ1v) is 8.23. The van der Waals surface area contributed by atoms with Crippen LogP contribution in [0.2, 0.25) is 0 Å². The van der Waals surface area contributed by atoms with E-state index in [1.807, 2.05) is 0 Å². The Morgan fingerprint density at radius 3 is 2.39 bits per heavy atom. The van der Waals surface area contributed by atoms with Gasteiger partial charge in [0.2, 0.25) is 0 Å². The van der Waals surface area contributed by atoms with E-state index in [-0.39, 0.29) is 4.75 Å². The molecule has 0 fully saturated rings. The van der Waals surface area contributed by atoms with Gasteiger partial charge in [0.25, 0.3) is 0 Å². The normalized spacial score (nSPS) is 26.8. The molecule has 3 atom stereocenters. The van der Waals surface area contributed by atoms with E-state index in [0.717, 1.165) is 5.92 Å². The van der Waals surface area contributed by atoms with Crippen molar-refractivity contribution in [2.45, 2.75) is 71.5 Å². The van der Waals surface area contributed by atoms with Crippen molar-refractivity contribution in [3.8, 4) is 0 Å². The van der Waals surface area contributed by atoms with Crippen molar-refractivity contribution in [1.29, 1.82) is 0 Å². The van der Waals surface area contributed by atoms with E-state index in [9.17, 15) is 0 Å². The Labute approximate surface area is 118 Å². The van der Waals surface area contributed by atoms with E-state index in [2.05, 4.69) is 46.8 Å². The number of rotatable bonds is 7. The van der Waals surface area contributed by atoms with Crippen LogP contribution in [0.3, 0.4) is 0 Å². The standard InChI is InChI=1S/C16H29NS/c1-6-8-13(3)12-16(5)11-10-15(17-18-16)14(4)9-7-2/h10-11,13-14H,6-9,12H2,1-5H3. The summed E-state index contributed by atoms with van der Waals surface area (Å²) < 4.78 is 4.97. The Balaban J connectivity index is 2.53. The number of hydrogen-bond donors (Lipinski definition) is 0. The summed E-state index contributed by atoms with van der Waals surface area (Å²) in [7, 11) is 0. The minimum atomic E-state index is 0.212. The zero-order valence-corrected chi connectivity index (χ0v) is 13.5. The molecule has 0 N–H and O–H groups in total. The van der Waals surface area contributed by atoms with E-state index in [0.29, 0.717) is 5.92 Å². The summed E-state index contributed by atoms with van der Waals surface area (Å²) in [6.45, 7) is 11.5. The maximum absolute atomic E-state index is 4.76. The highest BCUT2D eigenvalue weighted by molar-refractivity contribution is 7.99. The smallest absolute Gasteiger partial charge is 0.0535 e. The molecule has 104 valence electrons.